The second-order valence-corrected chi connectivity index (χ2v) is 5.21. The van der Waals surface area contributed by atoms with Crippen LogP contribution in [0.25, 0.3) is 10.2 Å². The number of halogens is 2. The third kappa shape index (κ3) is 2.14. The summed E-state index contributed by atoms with van der Waals surface area (Å²) in [5.74, 6) is 1.11. The average Bonchev–Trinajstić information content (AvgIpc) is 2.83. The molecule has 0 spiro atoms. The van der Waals surface area contributed by atoms with E-state index in [1.807, 2.05) is 11.4 Å². The molecule has 90 valence electrons. The molecule has 3 rings (SSSR count). The lowest BCUT2D eigenvalue weighted by Crippen LogP contribution is -1.89. The van der Waals surface area contributed by atoms with E-state index in [1.54, 1.807) is 18.2 Å². The highest BCUT2D eigenvalue weighted by Crippen LogP contribution is 2.32. The number of fused-ring (bicyclic) bond motifs is 1. The summed E-state index contributed by atoms with van der Waals surface area (Å²) in [4.78, 5) is 9.17. The summed E-state index contributed by atoms with van der Waals surface area (Å²) in [6.45, 7) is 0. The van der Waals surface area contributed by atoms with E-state index in [1.165, 1.54) is 17.7 Å². The Morgan fingerprint density at radius 2 is 1.94 bits per heavy atom. The minimum Gasteiger partial charge on any atom is -0.438 e. The molecule has 2 aromatic heterocycles. The number of ether oxygens (including phenoxy) is 1. The summed E-state index contributed by atoms with van der Waals surface area (Å²) >= 11 is 13.3. The molecule has 2 heterocycles. The van der Waals surface area contributed by atoms with Crippen LogP contribution in [-0.4, -0.2) is 9.97 Å². The predicted molar refractivity (Wildman–Crippen MR) is 74.0 cm³/mol. The van der Waals surface area contributed by atoms with Gasteiger partial charge in [0, 0.05) is 6.07 Å². The van der Waals surface area contributed by atoms with Crippen molar-refractivity contribution in [2.45, 2.75) is 0 Å². The van der Waals surface area contributed by atoms with Crippen LogP contribution in [0.1, 0.15) is 0 Å². The zero-order valence-corrected chi connectivity index (χ0v) is 11.3. The van der Waals surface area contributed by atoms with Gasteiger partial charge in [-0.3, -0.25) is 0 Å². The topological polar surface area (TPSA) is 35.0 Å². The second-order valence-electron chi connectivity index (χ2n) is 3.50. The monoisotopic (exact) mass is 296 g/mol. The third-order valence-corrected chi connectivity index (χ3v) is 3.89. The first-order valence-corrected chi connectivity index (χ1v) is 6.69. The van der Waals surface area contributed by atoms with E-state index < -0.39 is 0 Å². The molecule has 0 fully saturated rings. The Morgan fingerprint density at radius 1 is 1.06 bits per heavy atom. The number of benzene rings is 1. The smallest absolute Gasteiger partial charge is 0.231 e. The van der Waals surface area contributed by atoms with Gasteiger partial charge in [-0.05, 0) is 23.6 Å². The minimum atomic E-state index is 0.449. The molecule has 0 aliphatic carbocycles. The fourth-order valence-electron chi connectivity index (χ4n) is 1.50. The molecular formula is C12H6Cl2N2OS. The van der Waals surface area contributed by atoms with Crippen LogP contribution >= 0.6 is 34.5 Å². The molecule has 1 aromatic carbocycles. The Morgan fingerprint density at radius 3 is 2.78 bits per heavy atom. The van der Waals surface area contributed by atoms with E-state index in [-0.39, 0.29) is 0 Å². The van der Waals surface area contributed by atoms with E-state index in [9.17, 15) is 0 Å². The summed E-state index contributed by atoms with van der Waals surface area (Å²) in [5, 5.41) is 3.77. The number of aromatic nitrogens is 2. The van der Waals surface area contributed by atoms with Crippen LogP contribution in [0, 0.1) is 0 Å². The van der Waals surface area contributed by atoms with E-state index in [2.05, 4.69) is 9.97 Å². The molecule has 0 N–H and O–H groups in total. The van der Waals surface area contributed by atoms with Crippen molar-refractivity contribution < 1.29 is 4.74 Å². The van der Waals surface area contributed by atoms with Gasteiger partial charge < -0.3 is 4.74 Å². The molecule has 3 aromatic rings. The Balaban J connectivity index is 2.01. The first-order valence-electron chi connectivity index (χ1n) is 5.05. The van der Waals surface area contributed by atoms with Crippen LogP contribution in [0.15, 0.2) is 36.0 Å². The molecule has 0 aliphatic heterocycles. The summed E-state index contributed by atoms with van der Waals surface area (Å²) in [5.41, 5.74) is 0. The summed E-state index contributed by atoms with van der Waals surface area (Å²) in [6.07, 6.45) is 1.48. The normalized spacial score (nSPS) is 10.8. The van der Waals surface area contributed by atoms with Gasteiger partial charge in [-0.15, -0.1) is 11.3 Å². The molecule has 0 saturated heterocycles. The molecule has 0 bridgehead atoms. The first kappa shape index (κ1) is 11.7. The van der Waals surface area contributed by atoms with E-state index in [0.29, 0.717) is 21.7 Å². The Labute approximate surface area is 117 Å². The lowest BCUT2D eigenvalue weighted by atomic mass is 10.3. The zero-order chi connectivity index (χ0) is 12.5. The Hall–Kier alpha value is -1.36. The van der Waals surface area contributed by atoms with Crippen molar-refractivity contribution in [3.8, 4) is 11.6 Å². The molecular weight excluding hydrogens is 291 g/mol. The number of nitrogens with zero attached hydrogens (tertiary/aromatic N) is 2. The molecule has 0 unspecified atom stereocenters. The highest BCUT2D eigenvalue weighted by molar-refractivity contribution is 7.16. The van der Waals surface area contributed by atoms with E-state index >= 15 is 0 Å². The lowest BCUT2D eigenvalue weighted by molar-refractivity contribution is 0.468. The summed E-state index contributed by atoms with van der Waals surface area (Å²) in [7, 11) is 0. The van der Waals surface area contributed by atoms with E-state index in [4.69, 9.17) is 27.9 Å². The molecule has 18 heavy (non-hydrogen) atoms. The molecule has 0 saturated carbocycles. The Bertz CT molecular complexity index is 714. The minimum absolute atomic E-state index is 0.449. The van der Waals surface area contributed by atoms with Crippen LogP contribution in [0.3, 0.4) is 0 Å². The number of hydrogen-bond donors (Lipinski definition) is 0. The highest BCUT2D eigenvalue weighted by atomic mass is 35.5. The van der Waals surface area contributed by atoms with E-state index in [0.717, 1.165) is 10.2 Å². The van der Waals surface area contributed by atoms with Gasteiger partial charge in [-0.1, -0.05) is 23.2 Å². The fraction of sp³-hybridized carbons (Fsp3) is 0. The largest absolute Gasteiger partial charge is 0.438 e. The van der Waals surface area contributed by atoms with Gasteiger partial charge in [0.15, 0.2) is 0 Å². The van der Waals surface area contributed by atoms with Crippen LogP contribution in [0.4, 0.5) is 0 Å². The molecule has 3 nitrogen and oxygen atoms in total. The molecule has 0 aliphatic rings. The van der Waals surface area contributed by atoms with Gasteiger partial charge in [0.25, 0.3) is 0 Å². The zero-order valence-electron chi connectivity index (χ0n) is 8.93. The average molecular weight is 297 g/mol. The van der Waals surface area contributed by atoms with Crippen molar-refractivity contribution in [1.29, 1.82) is 0 Å². The second kappa shape index (κ2) is 4.72. The number of rotatable bonds is 2. The predicted octanol–water partition coefficient (Wildman–Crippen LogP) is 4.79. The van der Waals surface area contributed by atoms with Crippen molar-refractivity contribution in [1.82, 2.24) is 9.97 Å². The van der Waals surface area contributed by atoms with Crippen LogP contribution < -0.4 is 4.74 Å². The van der Waals surface area contributed by atoms with Crippen molar-refractivity contribution in [2.75, 3.05) is 0 Å². The maximum Gasteiger partial charge on any atom is 0.231 e. The van der Waals surface area contributed by atoms with Crippen LogP contribution in [0.5, 0.6) is 11.6 Å². The molecule has 0 radical (unpaired) electrons. The lowest BCUT2D eigenvalue weighted by Gasteiger charge is -2.06. The van der Waals surface area contributed by atoms with Gasteiger partial charge >= 0.3 is 0 Å². The fourth-order valence-corrected chi connectivity index (χ4v) is 2.51. The quantitative estimate of drug-likeness (QED) is 0.682. The maximum absolute atomic E-state index is 5.93. The Kier molecular flexibility index (Phi) is 3.07. The highest BCUT2D eigenvalue weighted by Gasteiger charge is 2.08. The first-order chi connectivity index (χ1) is 8.74. The van der Waals surface area contributed by atoms with Crippen molar-refractivity contribution >= 4 is 44.8 Å². The van der Waals surface area contributed by atoms with Crippen molar-refractivity contribution in [3.05, 3.63) is 46.0 Å². The van der Waals surface area contributed by atoms with Gasteiger partial charge in [-0.2, -0.15) is 0 Å². The SMILES string of the molecule is Clc1ccc(Oc2ncnc3sccc23)cc1Cl. The summed E-state index contributed by atoms with van der Waals surface area (Å²) in [6, 6.07) is 7.01. The van der Waals surface area contributed by atoms with Crippen LogP contribution in [-0.2, 0) is 0 Å². The van der Waals surface area contributed by atoms with Gasteiger partial charge in [0.1, 0.15) is 16.9 Å². The van der Waals surface area contributed by atoms with Crippen molar-refractivity contribution in [3.63, 3.8) is 0 Å². The van der Waals surface area contributed by atoms with Gasteiger partial charge in [0.2, 0.25) is 5.88 Å². The number of hydrogen-bond acceptors (Lipinski definition) is 4. The summed E-state index contributed by atoms with van der Waals surface area (Å²) < 4.78 is 5.70. The molecule has 0 atom stereocenters. The molecule has 6 heteroatoms. The van der Waals surface area contributed by atoms with Crippen LogP contribution in [0.2, 0.25) is 10.0 Å². The van der Waals surface area contributed by atoms with Gasteiger partial charge in [0.05, 0.1) is 15.4 Å². The van der Waals surface area contributed by atoms with Crippen molar-refractivity contribution in [2.24, 2.45) is 0 Å². The number of thiophene rings is 1. The molecule has 0 amide bonds. The maximum atomic E-state index is 5.93. The third-order valence-electron chi connectivity index (χ3n) is 2.33. The van der Waals surface area contributed by atoms with Gasteiger partial charge in [-0.25, -0.2) is 9.97 Å². The standard InChI is InChI=1S/C12H6Cl2N2OS/c13-9-2-1-7(5-10(9)14)17-11-8-3-4-18-12(8)16-6-15-11/h1-6H.